The molecule has 4 rings (SSSR count). The van der Waals surface area contributed by atoms with Crippen LogP contribution in [0.1, 0.15) is 36.4 Å². The summed E-state index contributed by atoms with van der Waals surface area (Å²) < 4.78 is 0. The smallest absolute Gasteiger partial charge is 0.228 e. The Morgan fingerprint density at radius 2 is 1.94 bits per heavy atom. The molecule has 2 saturated heterocycles. The van der Waals surface area contributed by atoms with E-state index in [1.165, 1.54) is 0 Å². The Bertz CT molecular complexity index is 879. The largest absolute Gasteiger partial charge is 0.353 e. The van der Waals surface area contributed by atoms with E-state index in [1.54, 1.807) is 11.3 Å². The standard InChI is InChI=1S/C23H31N5O2S/c1-18-25-20(17-31-18)15-23(30)28-10-4-5-19(16-28)7-8-22(29)27-13-11-26(12-14-27)21-6-2-3-9-24-21/h2-3,6,9,17,19H,4-5,7-8,10-16H2,1H3/t19-/m1/s1. The van der Waals surface area contributed by atoms with E-state index in [-0.39, 0.29) is 11.8 Å². The molecule has 166 valence electrons. The van der Waals surface area contributed by atoms with Crippen molar-refractivity contribution in [2.45, 2.75) is 39.0 Å². The van der Waals surface area contributed by atoms with E-state index in [2.05, 4.69) is 14.9 Å². The monoisotopic (exact) mass is 441 g/mol. The van der Waals surface area contributed by atoms with Crippen molar-refractivity contribution in [1.29, 1.82) is 0 Å². The molecule has 1 atom stereocenters. The third kappa shape index (κ3) is 5.81. The van der Waals surface area contributed by atoms with E-state index in [0.717, 1.165) is 75.1 Å². The van der Waals surface area contributed by atoms with Gasteiger partial charge in [-0.3, -0.25) is 9.59 Å². The van der Waals surface area contributed by atoms with Gasteiger partial charge in [-0.05, 0) is 44.2 Å². The average molecular weight is 442 g/mol. The second-order valence-electron chi connectivity index (χ2n) is 8.48. The molecule has 2 aromatic heterocycles. The summed E-state index contributed by atoms with van der Waals surface area (Å²) in [6.45, 7) is 6.69. The number of rotatable bonds is 6. The lowest BCUT2D eigenvalue weighted by atomic mass is 9.93. The number of piperazine rings is 1. The number of carbonyl (C=O) groups excluding carboxylic acids is 2. The predicted molar refractivity (Wildman–Crippen MR) is 122 cm³/mol. The van der Waals surface area contributed by atoms with Crippen LogP contribution < -0.4 is 4.90 Å². The highest BCUT2D eigenvalue weighted by atomic mass is 32.1. The first kappa shape index (κ1) is 21.7. The summed E-state index contributed by atoms with van der Waals surface area (Å²) in [7, 11) is 0. The molecule has 2 aliphatic heterocycles. The lowest BCUT2D eigenvalue weighted by Gasteiger charge is -2.36. The zero-order valence-electron chi connectivity index (χ0n) is 18.2. The molecule has 2 aromatic rings. The summed E-state index contributed by atoms with van der Waals surface area (Å²) in [4.78, 5) is 40.4. The van der Waals surface area contributed by atoms with Crippen LogP contribution in [-0.2, 0) is 16.0 Å². The molecule has 0 bridgehead atoms. The highest BCUT2D eigenvalue weighted by Crippen LogP contribution is 2.23. The number of thiazole rings is 1. The number of nitrogens with zero attached hydrogens (tertiary/aromatic N) is 5. The van der Waals surface area contributed by atoms with Crippen LogP contribution in [0.3, 0.4) is 0 Å². The number of hydrogen-bond acceptors (Lipinski definition) is 6. The lowest BCUT2D eigenvalue weighted by Crippen LogP contribution is -2.49. The van der Waals surface area contributed by atoms with Crippen molar-refractivity contribution in [1.82, 2.24) is 19.8 Å². The molecule has 2 aliphatic rings. The third-order valence-electron chi connectivity index (χ3n) is 6.24. The molecule has 0 N–H and O–H groups in total. The first-order chi connectivity index (χ1) is 15.1. The van der Waals surface area contributed by atoms with Gasteiger partial charge < -0.3 is 14.7 Å². The fraction of sp³-hybridized carbons (Fsp3) is 0.565. The molecule has 7 nitrogen and oxygen atoms in total. The van der Waals surface area contributed by atoms with Crippen LogP contribution in [0.2, 0.25) is 0 Å². The maximum atomic E-state index is 12.7. The van der Waals surface area contributed by atoms with Crippen molar-refractivity contribution in [2.75, 3.05) is 44.2 Å². The van der Waals surface area contributed by atoms with E-state index in [0.29, 0.717) is 18.8 Å². The maximum Gasteiger partial charge on any atom is 0.228 e. The zero-order chi connectivity index (χ0) is 21.6. The number of amides is 2. The van der Waals surface area contributed by atoms with Gasteiger partial charge in [-0.15, -0.1) is 11.3 Å². The Balaban J connectivity index is 1.20. The van der Waals surface area contributed by atoms with E-state index >= 15 is 0 Å². The first-order valence-corrected chi connectivity index (χ1v) is 12.1. The second kappa shape index (κ2) is 10.2. The highest BCUT2D eigenvalue weighted by Gasteiger charge is 2.26. The molecule has 8 heteroatoms. The topological polar surface area (TPSA) is 69.6 Å². The van der Waals surface area contributed by atoms with Crippen LogP contribution in [0.25, 0.3) is 0 Å². The predicted octanol–water partition coefficient (Wildman–Crippen LogP) is 2.76. The van der Waals surface area contributed by atoms with Crippen LogP contribution in [0.4, 0.5) is 5.82 Å². The Labute approximate surface area is 188 Å². The molecule has 2 fully saturated rings. The molecule has 0 aliphatic carbocycles. The van der Waals surface area contributed by atoms with Crippen LogP contribution in [-0.4, -0.2) is 70.9 Å². The summed E-state index contributed by atoms with van der Waals surface area (Å²) >= 11 is 1.59. The first-order valence-electron chi connectivity index (χ1n) is 11.2. The lowest BCUT2D eigenvalue weighted by molar-refractivity contribution is -0.132. The van der Waals surface area contributed by atoms with Gasteiger partial charge >= 0.3 is 0 Å². The molecular weight excluding hydrogens is 410 g/mol. The number of pyridine rings is 1. The number of piperidine rings is 1. The average Bonchev–Trinajstić information content (AvgIpc) is 3.22. The van der Waals surface area contributed by atoms with Gasteiger partial charge in [0.05, 0.1) is 17.1 Å². The summed E-state index contributed by atoms with van der Waals surface area (Å²) in [5.74, 6) is 1.79. The Kier molecular flexibility index (Phi) is 7.17. The van der Waals surface area contributed by atoms with Gasteiger partial charge in [0.25, 0.3) is 0 Å². The Morgan fingerprint density at radius 1 is 1.10 bits per heavy atom. The molecular formula is C23H31N5O2S. The molecule has 0 aromatic carbocycles. The SMILES string of the molecule is Cc1nc(CC(=O)N2CCC[C@H](CCC(=O)N3CCN(c4ccccn4)CC3)C2)cs1. The molecule has 0 radical (unpaired) electrons. The fourth-order valence-electron chi connectivity index (χ4n) is 4.49. The van der Waals surface area contributed by atoms with Crippen LogP contribution in [0.15, 0.2) is 29.8 Å². The van der Waals surface area contributed by atoms with E-state index in [1.807, 2.05) is 46.5 Å². The summed E-state index contributed by atoms with van der Waals surface area (Å²) in [5, 5.41) is 2.97. The second-order valence-corrected chi connectivity index (χ2v) is 9.54. The van der Waals surface area contributed by atoms with E-state index in [9.17, 15) is 9.59 Å². The van der Waals surface area contributed by atoms with Crippen molar-refractivity contribution < 1.29 is 9.59 Å². The number of aryl methyl sites for hydroxylation is 1. The molecule has 2 amide bonds. The van der Waals surface area contributed by atoms with Gasteiger partial charge in [0.2, 0.25) is 11.8 Å². The summed E-state index contributed by atoms with van der Waals surface area (Å²) in [5.41, 5.74) is 0.870. The third-order valence-corrected chi connectivity index (χ3v) is 7.07. The van der Waals surface area contributed by atoms with Crippen molar-refractivity contribution in [3.05, 3.63) is 40.5 Å². The van der Waals surface area contributed by atoms with Gasteiger partial charge in [-0.25, -0.2) is 9.97 Å². The van der Waals surface area contributed by atoms with Crippen LogP contribution in [0, 0.1) is 12.8 Å². The van der Waals surface area contributed by atoms with Crippen LogP contribution >= 0.6 is 11.3 Å². The van der Waals surface area contributed by atoms with Gasteiger partial charge in [-0.1, -0.05) is 6.07 Å². The Morgan fingerprint density at radius 3 is 2.65 bits per heavy atom. The number of hydrogen-bond donors (Lipinski definition) is 0. The van der Waals surface area contributed by atoms with Gasteiger partial charge in [-0.2, -0.15) is 0 Å². The van der Waals surface area contributed by atoms with Crippen LogP contribution in [0.5, 0.6) is 0 Å². The quantitative estimate of drug-likeness (QED) is 0.689. The zero-order valence-corrected chi connectivity index (χ0v) is 19.0. The maximum absolute atomic E-state index is 12.7. The van der Waals surface area contributed by atoms with Crippen molar-refractivity contribution in [2.24, 2.45) is 5.92 Å². The highest BCUT2D eigenvalue weighted by molar-refractivity contribution is 7.09. The molecule has 0 unspecified atom stereocenters. The van der Waals surface area contributed by atoms with Gasteiger partial charge in [0.15, 0.2) is 0 Å². The molecule has 31 heavy (non-hydrogen) atoms. The van der Waals surface area contributed by atoms with Crippen molar-refractivity contribution >= 4 is 29.0 Å². The number of anilines is 1. The minimum absolute atomic E-state index is 0.159. The minimum atomic E-state index is 0.159. The number of aromatic nitrogens is 2. The summed E-state index contributed by atoms with van der Waals surface area (Å²) in [6.07, 6.45) is 5.74. The van der Waals surface area contributed by atoms with Gasteiger partial charge in [0, 0.05) is 57.3 Å². The van der Waals surface area contributed by atoms with E-state index < -0.39 is 0 Å². The fourth-order valence-corrected chi connectivity index (χ4v) is 5.11. The minimum Gasteiger partial charge on any atom is -0.353 e. The molecule has 0 spiro atoms. The van der Waals surface area contributed by atoms with Crippen molar-refractivity contribution in [3.63, 3.8) is 0 Å². The normalized spacial score (nSPS) is 19.5. The van der Waals surface area contributed by atoms with E-state index in [4.69, 9.17) is 0 Å². The van der Waals surface area contributed by atoms with Gasteiger partial charge in [0.1, 0.15) is 5.82 Å². The van der Waals surface area contributed by atoms with Crippen molar-refractivity contribution in [3.8, 4) is 0 Å². The number of likely N-dealkylation sites (tertiary alicyclic amines) is 1. The Hall–Kier alpha value is -2.48. The molecule has 4 heterocycles. The number of carbonyl (C=O) groups is 2. The summed E-state index contributed by atoms with van der Waals surface area (Å²) in [6, 6.07) is 5.93. The molecule has 0 saturated carbocycles.